The smallest absolute Gasteiger partial charge is 0.312 e. The largest absolute Gasteiger partial charge is 0.359 e. The van der Waals surface area contributed by atoms with E-state index in [9.17, 15) is 9.59 Å². The van der Waals surface area contributed by atoms with Crippen molar-refractivity contribution < 1.29 is 14.1 Å². The Morgan fingerprint density at radius 3 is 2.52 bits per heavy atom. The minimum absolute atomic E-state index is 0.0101. The van der Waals surface area contributed by atoms with Gasteiger partial charge in [0.15, 0.2) is 5.76 Å². The molecule has 0 atom stereocenters. The molecule has 4 fully saturated rings. The molecule has 0 N–H and O–H groups in total. The van der Waals surface area contributed by atoms with E-state index in [2.05, 4.69) is 5.16 Å². The molecule has 1 saturated heterocycles. The molecule has 1 aromatic heterocycles. The minimum atomic E-state index is -0.423. The van der Waals surface area contributed by atoms with Gasteiger partial charge in [-0.2, -0.15) is 0 Å². The molecule has 0 unspecified atom stereocenters. The van der Waals surface area contributed by atoms with Gasteiger partial charge in [-0.3, -0.25) is 9.59 Å². The quantitative estimate of drug-likeness (QED) is 0.801. The molecule has 0 radical (unpaired) electrons. The van der Waals surface area contributed by atoms with Crippen molar-refractivity contribution in [2.75, 3.05) is 13.1 Å². The second-order valence-corrected chi connectivity index (χ2v) is 7.43. The van der Waals surface area contributed by atoms with Gasteiger partial charge in [0.05, 0.1) is 6.54 Å². The molecule has 2 aromatic rings. The van der Waals surface area contributed by atoms with Gasteiger partial charge in [0.2, 0.25) is 0 Å². The van der Waals surface area contributed by atoms with E-state index < -0.39 is 5.91 Å². The summed E-state index contributed by atoms with van der Waals surface area (Å²) in [6.45, 7) is 1.46. The van der Waals surface area contributed by atoms with E-state index in [0.29, 0.717) is 18.8 Å². The maximum absolute atomic E-state index is 12.5. The number of nitrogens with zero attached hydrogens (tertiary/aromatic N) is 3. The van der Waals surface area contributed by atoms with E-state index in [4.69, 9.17) is 4.52 Å². The van der Waals surface area contributed by atoms with Crippen LogP contribution in [0.3, 0.4) is 0 Å². The first-order chi connectivity index (χ1) is 12.1. The van der Waals surface area contributed by atoms with Gasteiger partial charge in [-0.15, -0.1) is 0 Å². The predicted octanol–water partition coefficient (Wildman–Crippen LogP) is 2.06. The third kappa shape index (κ3) is 2.20. The number of amides is 2. The lowest BCUT2D eigenvalue weighted by Crippen LogP contribution is -2.73. The van der Waals surface area contributed by atoms with Crippen LogP contribution in [0, 0.1) is 5.92 Å². The van der Waals surface area contributed by atoms with Crippen LogP contribution >= 0.6 is 0 Å². The van der Waals surface area contributed by atoms with Crippen LogP contribution in [0.4, 0.5) is 0 Å². The number of carbonyl (C=O) groups excluding carboxylic acids is 2. The molecule has 0 spiro atoms. The lowest BCUT2D eigenvalue weighted by atomic mass is 9.49. The number of piperazine rings is 1. The van der Waals surface area contributed by atoms with Gasteiger partial charge in [0.25, 0.3) is 0 Å². The number of aromatic nitrogens is 1. The third-order valence-electron chi connectivity index (χ3n) is 5.86. The molecular formula is C19H19N3O3. The molecule has 3 aliphatic carbocycles. The highest BCUT2D eigenvalue weighted by atomic mass is 16.5. The van der Waals surface area contributed by atoms with Gasteiger partial charge in [-0.05, 0) is 25.2 Å². The molecule has 25 heavy (non-hydrogen) atoms. The first kappa shape index (κ1) is 14.7. The average Bonchev–Trinajstić information content (AvgIpc) is 3.01. The van der Waals surface area contributed by atoms with Crippen LogP contribution < -0.4 is 0 Å². The molecule has 128 valence electrons. The van der Waals surface area contributed by atoms with Gasteiger partial charge < -0.3 is 14.3 Å². The molecule has 1 aliphatic heterocycles. The second-order valence-electron chi connectivity index (χ2n) is 7.43. The summed E-state index contributed by atoms with van der Waals surface area (Å²) in [4.78, 5) is 28.4. The number of carbonyl (C=O) groups is 2. The Morgan fingerprint density at radius 1 is 1.08 bits per heavy atom. The van der Waals surface area contributed by atoms with E-state index in [1.807, 2.05) is 41.3 Å². The van der Waals surface area contributed by atoms with E-state index in [1.54, 1.807) is 4.90 Å². The Morgan fingerprint density at radius 2 is 1.84 bits per heavy atom. The molecule has 3 saturated carbocycles. The van der Waals surface area contributed by atoms with Crippen LogP contribution in [0.2, 0.25) is 0 Å². The van der Waals surface area contributed by atoms with Crippen molar-refractivity contribution in [2.45, 2.75) is 31.3 Å². The molecule has 2 bridgehead atoms. The van der Waals surface area contributed by atoms with Crippen LogP contribution in [0.25, 0.3) is 11.3 Å². The van der Waals surface area contributed by atoms with Crippen molar-refractivity contribution in [3.8, 4) is 11.3 Å². The summed E-state index contributed by atoms with van der Waals surface area (Å²) < 4.78 is 5.37. The highest BCUT2D eigenvalue weighted by molar-refractivity contribution is 6.35. The molecule has 2 heterocycles. The summed E-state index contributed by atoms with van der Waals surface area (Å²) in [5.74, 6) is 0.603. The summed E-state index contributed by atoms with van der Waals surface area (Å²) in [6.07, 6.45) is 3.23. The Balaban J connectivity index is 1.28. The van der Waals surface area contributed by atoms with Crippen molar-refractivity contribution in [3.05, 3.63) is 42.2 Å². The minimum Gasteiger partial charge on any atom is -0.359 e. The molecular weight excluding hydrogens is 318 g/mol. The first-order valence-electron chi connectivity index (χ1n) is 8.77. The van der Waals surface area contributed by atoms with Crippen molar-refractivity contribution in [2.24, 2.45) is 5.92 Å². The fourth-order valence-electron chi connectivity index (χ4n) is 4.36. The number of hydrogen-bond donors (Lipinski definition) is 0. The fraction of sp³-hybridized carbons (Fsp3) is 0.421. The highest BCUT2D eigenvalue weighted by Crippen LogP contribution is 2.60. The maximum Gasteiger partial charge on any atom is 0.312 e. The summed E-state index contributed by atoms with van der Waals surface area (Å²) >= 11 is 0. The lowest BCUT2D eigenvalue weighted by molar-refractivity contribution is -0.186. The van der Waals surface area contributed by atoms with Crippen LogP contribution in [0.15, 0.2) is 40.9 Å². The fourth-order valence-corrected chi connectivity index (χ4v) is 4.36. The Hall–Kier alpha value is -2.63. The van der Waals surface area contributed by atoms with Gasteiger partial charge in [0.1, 0.15) is 5.69 Å². The monoisotopic (exact) mass is 337 g/mol. The zero-order valence-electron chi connectivity index (χ0n) is 13.9. The van der Waals surface area contributed by atoms with E-state index in [1.165, 1.54) is 0 Å². The number of rotatable bonds is 4. The SMILES string of the molecule is O=C1C(=O)N(C23CC(C2)C3)CCN1Cc1cc(-c2ccccc2)no1. The second kappa shape index (κ2) is 5.18. The molecule has 6 rings (SSSR count). The Labute approximate surface area is 145 Å². The molecule has 6 nitrogen and oxygen atoms in total. The van der Waals surface area contributed by atoms with Gasteiger partial charge in [-0.25, -0.2) is 0 Å². The zero-order valence-corrected chi connectivity index (χ0v) is 13.9. The molecule has 6 heteroatoms. The van der Waals surface area contributed by atoms with Crippen LogP contribution in [0.1, 0.15) is 25.0 Å². The summed E-state index contributed by atoms with van der Waals surface area (Å²) in [7, 11) is 0. The topological polar surface area (TPSA) is 66.7 Å². The van der Waals surface area contributed by atoms with Crippen molar-refractivity contribution in [1.29, 1.82) is 0 Å². The summed E-state index contributed by atoms with van der Waals surface area (Å²) in [5.41, 5.74) is 1.71. The first-order valence-corrected chi connectivity index (χ1v) is 8.77. The van der Waals surface area contributed by atoms with Crippen molar-refractivity contribution in [3.63, 3.8) is 0 Å². The van der Waals surface area contributed by atoms with E-state index in [0.717, 1.165) is 36.4 Å². The maximum atomic E-state index is 12.5. The molecule has 1 aromatic carbocycles. The Kier molecular flexibility index (Phi) is 3.04. The molecule has 2 amide bonds. The van der Waals surface area contributed by atoms with Crippen LogP contribution in [0.5, 0.6) is 0 Å². The molecule has 4 aliphatic rings. The van der Waals surface area contributed by atoms with Crippen LogP contribution in [-0.4, -0.2) is 45.4 Å². The van der Waals surface area contributed by atoms with E-state index >= 15 is 0 Å². The van der Waals surface area contributed by atoms with Gasteiger partial charge >= 0.3 is 11.8 Å². The van der Waals surface area contributed by atoms with Gasteiger partial charge in [-0.1, -0.05) is 35.5 Å². The van der Waals surface area contributed by atoms with Crippen molar-refractivity contribution in [1.82, 2.24) is 15.0 Å². The zero-order chi connectivity index (χ0) is 17.0. The standard InChI is InChI=1S/C19H19N3O3/c23-17-18(24)22(19-9-13(10-19)11-19)7-6-21(17)12-15-8-16(20-25-15)14-4-2-1-3-5-14/h1-5,8,13H,6-7,9-12H2. The van der Waals surface area contributed by atoms with Gasteiger partial charge in [0, 0.05) is 30.3 Å². The predicted molar refractivity (Wildman–Crippen MR) is 89.1 cm³/mol. The van der Waals surface area contributed by atoms with Crippen LogP contribution in [-0.2, 0) is 16.1 Å². The Bertz CT molecular complexity index is 828. The number of benzene rings is 1. The third-order valence-corrected chi connectivity index (χ3v) is 5.86. The van der Waals surface area contributed by atoms with Crippen molar-refractivity contribution >= 4 is 11.8 Å². The highest BCUT2D eigenvalue weighted by Gasteiger charge is 2.62. The van der Waals surface area contributed by atoms with E-state index in [-0.39, 0.29) is 18.0 Å². The summed E-state index contributed by atoms with van der Waals surface area (Å²) in [6, 6.07) is 11.6. The lowest BCUT2D eigenvalue weighted by Gasteiger charge is -2.66. The average molecular weight is 337 g/mol. The normalized spacial score (nSPS) is 27.9. The number of hydrogen-bond acceptors (Lipinski definition) is 4. The summed E-state index contributed by atoms with van der Waals surface area (Å²) in [5, 5.41) is 4.07.